The fraction of sp³-hybridized carbons (Fsp3) is 0.417. The van der Waals surface area contributed by atoms with Gasteiger partial charge in [0.2, 0.25) is 0 Å². The summed E-state index contributed by atoms with van der Waals surface area (Å²) in [4.78, 5) is 11.2. The number of hydrogen-bond acceptors (Lipinski definition) is 4. The largest absolute Gasteiger partial charge is 0.466 e. The number of ether oxygens (including phenoxy) is 1. The molecule has 0 bridgehead atoms. The van der Waals surface area contributed by atoms with Crippen LogP contribution in [0.5, 0.6) is 0 Å². The van der Waals surface area contributed by atoms with E-state index in [-0.39, 0.29) is 5.97 Å². The third-order valence-corrected chi connectivity index (χ3v) is 3.26. The molecule has 1 aromatic rings. The van der Waals surface area contributed by atoms with Gasteiger partial charge in [0.25, 0.3) is 0 Å². The maximum atomic E-state index is 11.2. The molecule has 1 rings (SSSR count). The van der Waals surface area contributed by atoms with E-state index < -0.39 is 0 Å². The van der Waals surface area contributed by atoms with Crippen molar-refractivity contribution in [2.75, 3.05) is 13.2 Å². The first kappa shape index (κ1) is 14.4. The Hall–Kier alpha value is -0.710. The summed E-state index contributed by atoms with van der Waals surface area (Å²) < 4.78 is 6.79. The Morgan fingerprint density at radius 2 is 2.12 bits per heavy atom. The highest BCUT2D eigenvalue weighted by Crippen LogP contribution is 2.18. The van der Waals surface area contributed by atoms with Gasteiger partial charge >= 0.3 is 5.97 Å². The van der Waals surface area contributed by atoms with Crippen molar-refractivity contribution in [2.24, 2.45) is 0 Å². The van der Waals surface area contributed by atoms with E-state index in [4.69, 9.17) is 15.4 Å². The van der Waals surface area contributed by atoms with E-state index in [1.165, 1.54) is 5.56 Å². The van der Waals surface area contributed by atoms with Crippen LogP contribution in [0.25, 0.3) is 0 Å². The Labute approximate surface area is 111 Å². The number of esters is 1. The summed E-state index contributed by atoms with van der Waals surface area (Å²) in [5.74, 6) is -0.184. The smallest absolute Gasteiger partial charge is 0.307 e. The van der Waals surface area contributed by atoms with E-state index >= 15 is 0 Å². The SMILES string of the molecule is CCOC(=O)CCN(Cc1ccccc1)SCl. The minimum Gasteiger partial charge on any atom is -0.466 e. The molecule has 0 saturated carbocycles. The number of rotatable bonds is 7. The maximum absolute atomic E-state index is 11.2. The molecule has 0 aliphatic rings. The minimum atomic E-state index is -0.184. The predicted octanol–water partition coefficient (Wildman–Crippen LogP) is 3.24. The molecule has 0 heterocycles. The van der Waals surface area contributed by atoms with Crippen molar-refractivity contribution >= 4 is 27.8 Å². The fourth-order valence-electron chi connectivity index (χ4n) is 1.37. The first-order valence-electron chi connectivity index (χ1n) is 5.49. The third kappa shape index (κ3) is 5.96. The van der Waals surface area contributed by atoms with Crippen LogP contribution in [0.2, 0.25) is 0 Å². The monoisotopic (exact) mass is 273 g/mol. The van der Waals surface area contributed by atoms with Crippen LogP contribution in [0, 0.1) is 0 Å². The van der Waals surface area contributed by atoms with Gasteiger partial charge in [0.1, 0.15) is 0 Å². The fourth-order valence-corrected chi connectivity index (χ4v) is 2.09. The van der Waals surface area contributed by atoms with Crippen LogP contribution in [-0.2, 0) is 16.1 Å². The highest BCUT2D eigenvalue weighted by molar-refractivity contribution is 8.19. The Kier molecular flexibility index (Phi) is 7.08. The highest BCUT2D eigenvalue weighted by Gasteiger charge is 2.09. The van der Waals surface area contributed by atoms with Gasteiger partial charge in [-0.25, -0.2) is 4.31 Å². The average molecular weight is 274 g/mol. The van der Waals surface area contributed by atoms with Crippen molar-refractivity contribution in [3.05, 3.63) is 35.9 Å². The zero-order valence-corrected chi connectivity index (χ0v) is 11.3. The quantitative estimate of drug-likeness (QED) is 0.563. The lowest BCUT2D eigenvalue weighted by Gasteiger charge is -2.16. The molecule has 0 radical (unpaired) electrons. The Morgan fingerprint density at radius 3 is 2.71 bits per heavy atom. The molecule has 0 fully saturated rings. The molecule has 0 N–H and O–H groups in total. The number of carbonyl (C=O) groups is 1. The van der Waals surface area contributed by atoms with Crippen LogP contribution < -0.4 is 0 Å². The number of benzene rings is 1. The van der Waals surface area contributed by atoms with Gasteiger partial charge in [-0.2, -0.15) is 0 Å². The highest BCUT2D eigenvalue weighted by atomic mass is 35.7. The van der Waals surface area contributed by atoms with Gasteiger partial charge in [-0.05, 0) is 23.2 Å². The molecule has 1 aromatic carbocycles. The van der Waals surface area contributed by atoms with E-state index in [0.717, 1.165) is 11.2 Å². The molecule has 0 aliphatic heterocycles. The van der Waals surface area contributed by atoms with Gasteiger partial charge in [-0.3, -0.25) is 4.79 Å². The van der Waals surface area contributed by atoms with Crippen molar-refractivity contribution < 1.29 is 9.53 Å². The molecule has 94 valence electrons. The molecule has 5 heteroatoms. The lowest BCUT2D eigenvalue weighted by atomic mass is 10.2. The second-order valence-electron chi connectivity index (χ2n) is 3.47. The zero-order valence-electron chi connectivity index (χ0n) is 9.77. The van der Waals surface area contributed by atoms with Gasteiger partial charge in [0, 0.05) is 24.3 Å². The van der Waals surface area contributed by atoms with E-state index in [1.54, 1.807) is 6.92 Å². The van der Waals surface area contributed by atoms with Crippen LogP contribution in [0.1, 0.15) is 18.9 Å². The second kappa shape index (κ2) is 8.39. The second-order valence-corrected chi connectivity index (χ2v) is 4.54. The van der Waals surface area contributed by atoms with Gasteiger partial charge in [0.15, 0.2) is 0 Å². The summed E-state index contributed by atoms with van der Waals surface area (Å²) in [7, 11) is 5.77. The minimum absolute atomic E-state index is 0.184. The van der Waals surface area contributed by atoms with Crippen molar-refractivity contribution in [2.45, 2.75) is 19.9 Å². The summed E-state index contributed by atoms with van der Waals surface area (Å²) in [5.41, 5.74) is 1.17. The average Bonchev–Trinajstić information content (AvgIpc) is 2.36. The number of halogens is 1. The standard InChI is InChI=1S/C12H16ClNO2S/c1-2-16-12(15)8-9-14(17-13)10-11-6-4-3-5-7-11/h3-7H,2,8-10H2,1H3. The molecule has 0 spiro atoms. The maximum Gasteiger partial charge on any atom is 0.307 e. The molecule has 3 nitrogen and oxygen atoms in total. The van der Waals surface area contributed by atoms with Gasteiger partial charge in [0.05, 0.1) is 13.0 Å². The lowest BCUT2D eigenvalue weighted by molar-refractivity contribution is -0.143. The molecule has 17 heavy (non-hydrogen) atoms. The Balaban J connectivity index is 2.36. The van der Waals surface area contributed by atoms with Crippen molar-refractivity contribution in [3.63, 3.8) is 0 Å². The molecular weight excluding hydrogens is 258 g/mol. The van der Waals surface area contributed by atoms with Crippen LogP contribution >= 0.6 is 21.8 Å². The van der Waals surface area contributed by atoms with E-state index in [2.05, 4.69) is 0 Å². The van der Waals surface area contributed by atoms with E-state index in [1.807, 2.05) is 34.6 Å². The number of carbonyl (C=O) groups excluding carboxylic acids is 1. The van der Waals surface area contributed by atoms with Crippen molar-refractivity contribution in [1.29, 1.82) is 0 Å². The molecule has 0 atom stereocenters. The van der Waals surface area contributed by atoms with Crippen LogP contribution in [0.4, 0.5) is 0 Å². The van der Waals surface area contributed by atoms with Crippen molar-refractivity contribution in [1.82, 2.24) is 4.31 Å². The van der Waals surface area contributed by atoms with Gasteiger partial charge in [-0.1, -0.05) is 30.3 Å². The Bertz CT molecular complexity index is 335. The summed E-state index contributed by atoms with van der Waals surface area (Å²) in [5, 5.41) is 0. The summed E-state index contributed by atoms with van der Waals surface area (Å²) in [6.07, 6.45) is 0.362. The zero-order chi connectivity index (χ0) is 12.5. The molecule has 0 unspecified atom stereocenters. The summed E-state index contributed by atoms with van der Waals surface area (Å²) >= 11 is 1.12. The molecule has 0 amide bonds. The normalized spacial score (nSPS) is 10.5. The van der Waals surface area contributed by atoms with Crippen LogP contribution in [0.3, 0.4) is 0 Å². The molecule has 0 aliphatic carbocycles. The lowest BCUT2D eigenvalue weighted by Crippen LogP contribution is -2.19. The van der Waals surface area contributed by atoms with Crippen LogP contribution in [0.15, 0.2) is 30.3 Å². The molecular formula is C12H16ClNO2S. The van der Waals surface area contributed by atoms with Gasteiger partial charge in [-0.15, -0.1) is 0 Å². The first-order chi connectivity index (χ1) is 8.26. The number of hydrogen-bond donors (Lipinski definition) is 0. The van der Waals surface area contributed by atoms with Crippen molar-refractivity contribution in [3.8, 4) is 0 Å². The molecule has 0 aromatic heterocycles. The number of nitrogens with zero attached hydrogens (tertiary/aromatic N) is 1. The third-order valence-electron chi connectivity index (χ3n) is 2.17. The van der Waals surface area contributed by atoms with Crippen LogP contribution in [-0.4, -0.2) is 23.4 Å². The Morgan fingerprint density at radius 1 is 1.41 bits per heavy atom. The topological polar surface area (TPSA) is 29.5 Å². The molecule has 0 saturated heterocycles. The predicted molar refractivity (Wildman–Crippen MR) is 71.5 cm³/mol. The van der Waals surface area contributed by atoms with E-state index in [9.17, 15) is 4.79 Å². The first-order valence-corrected chi connectivity index (χ1v) is 7.09. The van der Waals surface area contributed by atoms with Gasteiger partial charge < -0.3 is 4.74 Å². The summed E-state index contributed by atoms with van der Waals surface area (Å²) in [6.45, 7) is 3.53. The van der Waals surface area contributed by atoms with E-state index in [0.29, 0.717) is 26.1 Å². The summed E-state index contributed by atoms with van der Waals surface area (Å²) in [6, 6.07) is 10.0.